The number of allylic oxidation sites excluding steroid dienone is 2. The van der Waals surface area contributed by atoms with Gasteiger partial charge >= 0.3 is 0 Å². The fourth-order valence-electron chi connectivity index (χ4n) is 3.36. The Hall–Kier alpha value is -0.260. The van der Waals surface area contributed by atoms with E-state index >= 15 is 0 Å². The third kappa shape index (κ3) is 1.35. The molecule has 13 heavy (non-hydrogen) atoms. The fourth-order valence-corrected chi connectivity index (χ4v) is 3.36. The van der Waals surface area contributed by atoms with E-state index in [0.717, 1.165) is 11.8 Å². The minimum absolute atomic E-state index is 0.642. The summed E-state index contributed by atoms with van der Waals surface area (Å²) in [6.45, 7) is 7.16. The Labute approximate surface area is 82.4 Å². The maximum absolute atomic E-state index is 2.64. The van der Waals surface area contributed by atoms with Gasteiger partial charge in [0.25, 0.3) is 0 Å². The van der Waals surface area contributed by atoms with Gasteiger partial charge in [-0.15, -0.1) is 0 Å². The van der Waals surface area contributed by atoms with E-state index in [1.54, 1.807) is 5.57 Å². The molecule has 0 N–H and O–H groups in total. The molecule has 0 radical (unpaired) electrons. The predicted molar refractivity (Wildman–Crippen MR) is 57.6 cm³/mol. The lowest BCUT2D eigenvalue weighted by Gasteiger charge is -2.53. The lowest BCUT2D eigenvalue weighted by molar-refractivity contribution is 0.0105. The van der Waals surface area contributed by atoms with E-state index < -0.39 is 0 Å². The highest BCUT2D eigenvalue weighted by atomic mass is 14.5. The molecule has 0 aromatic heterocycles. The van der Waals surface area contributed by atoms with Crippen molar-refractivity contribution in [1.82, 2.24) is 0 Å². The highest BCUT2D eigenvalue weighted by Gasteiger charge is 2.47. The average molecular weight is 178 g/mol. The highest BCUT2D eigenvalue weighted by Crippen LogP contribution is 2.57. The van der Waals surface area contributed by atoms with Crippen LogP contribution in [0.2, 0.25) is 0 Å². The zero-order chi connectivity index (χ0) is 9.47. The summed E-state index contributed by atoms with van der Waals surface area (Å²) in [5.74, 6) is 1.90. The average Bonchev–Trinajstić information content (AvgIpc) is 2.18. The maximum atomic E-state index is 2.64. The van der Waals surface area contributed by atoms with Crippen molar-refractivity contribution in [2.24, 2.45) is 17.3 Å². The van der Waals surface area contributed by atoms with Crippen molar-refractivity contribution in [3.63, 3.8) is 0 Å². The number of hydrogen-bond acceptors (Lipinski definition) is 0. The normalized spacial score (nSPS) is 44.4. The summed E-state index contributed by atoms with van der Waals surface area (Å²) in [4.78, 5) is 0. The Kier molecular flexibility index (Phi) is 2.25. The van der Waals surface area contributed by atoms with Crippen LogP contribution in [-0.2, 0) is 0 Å². The number of rotatable bonds is 1. The summed E-state index contributed by atoms with van der Waals surface area (Å²) < 4.78 is 0. The van der Waals surface area contributed by atoms with Gasteiger partial charge in [0.05, 0.1) is 0 Å². The maximum Gasteiger partial charge on any atom is -0.00847 e. The van der Waals surface area contributed by atoms with Gasteiger partial charge in [-0.1, -0.05) is 32.4 Å². The molecule has 0 bridgehead atoms. The van der Waals surface area contributed by atoms with E-state index in [1.807, 2.05) is 0 Å². The van der Waals surface area contributed by atoms with Crippen molar-refractivity contribution in [2.75, 3.05) is 0 Å². The van der Waals surface area contributed by atoms with Gasteiger partial charge in [0, 0.05) is 0 Å². The molecule has 1 spiro atoms. The molecule has 2 rings (SSSR count). The Morgan fingerprint density at radius 2 is 2.23 bits per heavy atom. The molecule has 74 valence electrons. The molecule has 2 aliphatic carbocycles. The van der Waals surface area contributed by atoms with Crippen LogP contribution in [0, 0.1) is 17.3 Å². The second kappa shape index (κ2) is 3.15. The van der Waals surface area contributed by atoms with Gasteiger partial charge in [-0.3, -0.25) is 0 Å². The lowest BCUT2D eigenvalue weighted by Crippen LogP contribution is -2.44. The van der Waals surface area contributed by atoms with Crippen LogP contribution in [0.1, 0.15) is 52.9 Å². The molecule has 3 unspecified atom stereocenters. The fraction of sp³-hybridized carbons (Fsp3) is 0.846. The van der Waals surface area contributed by atoms with Gasteiger partial charge in [-0.25, -0.2) is 0 Å². The first-order valence-electron chi connectivity index (χ1n) is 5.88. The molecule has 0 saturated heterocycles. The first-order chi connectivity index (χ1) is 6.18. The van der Waals surface area contributed by atoms with Crippen LogP contribution < -0.4 is 0 Å². The molecule has 0 aliphatic heterocycles. The van der Waals surface area contributed by atoms with Crippen LogP contribution in [0.5, 0.6) is 0 Å². The van der Waals surface area contributed by atoms with Crippen molar-refractivity contribution in [1.29, 1.82) is 0 Å². The molecule has 2 aliphatic rings. The first kappa shape index (κ1) is 9.30. The van der Waals surface area contributed by atoms with Crippen LogP contribution in [0.3, 0.4) is 0 Å². The SMILES string of the molecule is CCC1=CC2(CCC1)CC(C)C2C. The zero-order valence-corrected chi connectivity index (χ0v) is 9.27. The summed E-state index contributed by atoms with van der Waals surface area (Å²) in [5, 5.41) is 0. The second-order valence-electron chi connectivity index (χ2n) is 5.21. The Bertz CT molecular complexity index is 226. The molecule has 1 saturated carbocycles. The minimum Gasteiger partial charge on any atom is -0.0788 e. The van der Waals surface area contributed by atoms with Crippen molar-refractivity contribution in [3.8, 4) is 0 Å². The van der Waals surface area contributed by atoms with Gasteiger partial charge in [0.2, 0.25) is 0 Å². The van der Waals surface area contributed by atoms with Crippen molar-refractivity contribution in [3.05, 3.63) is 11.6 Å². The Morgan fingerprint density at radius 1 is 1.46 bits per heavy atom. The smallest absolute Gasteiger partial charge is 0.00847 e. The van der Waals surface area contributed by atoms with E-state index in [1.165, 1.54) is 32.1 Å². The summed E-state index contributed by atoms with van der Waals surface area (Å²) >= 11 is 0. The summed E-state index contributed by atoms with van der Waals surface area (Å²) in [7, 11) is 0. The summed E-state index contributed by atoms with van der Waals surface area (Å²) in [6.07, 6.45) is 9.65. The molecule has 3 atom stereocenters. The molecule has 0 aromatic rings. The molecular weight excluding hydrogens is 156 g/mol. The molecule has 0 amide bonds. The van der Waals surface area contributed by atoms with Crippen LogP contribution in [0.4, 0.5) is 0 Å². The zero-order valence-electron chi connectivity index (χ0n) is 9.27. The van der Waals surface area contributed by atoms with Crippen molar-refractivity contribution >= 4 is 0 Å². The highest BCUT2D eigenvalue weighted by molar-refractivity contribution is 5.19. The van der Waals surface area contributed by atoms with Gasteiger partial charge in [0.15, 0.2) is 0 Å². The standard InChI is InChI=1S/C13H22/c1-4-12-6-5-7-13(9-12)8-10(2)11(13)3/h9-11H,4-8H2,1-3H3. The van der Waals surface area contributed by atoms with E-state index in [9.17, 15) is 0 Å². The van der Waals surface area contributed by atoms with Gasteiger partial charge in [-0.2, -0.15) is 0 Å². The van der Waals surface area contributed by atoms with Crippen molar-refractivity contribution in [2.45, 2.75) is 52.9 Å². The summed E-state index contributed by atoms with van der Waals surface area (Å²) in [5.41, 5.74) is 2.37. The van der Waals surface area contributed by atoms with E-state index in [2.05, 4.69) is 26.8 Å². The van der Waals surface area contributed by atoms with Crippen molar-refractivity contribution < 1.29 is 0 Å². The predicted octanol–water partition coefficient (Wildman–Crippen LogP) is 4.17. The second-order valence-corrected chi connectivity index (χ2v) is 5.21. The quantitative estimate of drug-likeness (QED) is 0.529. The van der Waals surface area contributed by atoms with Gasteiger partial charge in [0.1, 0.15) is 0 Å². The molecule has 0 aromatic carbocycles. The largest absolute Gasteiger partial charge is 0.0788 e. The first-order valence-corrected chi connectivity index (χ1v) is 5.88. The Balaban J connectivity index is 2.15. The topological polar surface area (TPSA) is 0 Å². The Morgan fingerprint density at radius 3 is 2.77 bits per heavy atom. The monoisotopic (exact) mass is 178 g/mol. The van der Waals surface area contributed by atoms with E-state index in [-0.39, 0.29) is 0 Å². The van der Waals surface area contributed by atoms with E-state index in [4.69, 9.17) is 0 Å². The van der Waals surface area contributed by atoms with Crippen LogP contribution >= 0.6 is 0 Å². The molecular formula is C13H22. The van der Waals surface area contributed by atoms with Crippen LogP contribution in [0.25, 0.3) is 0 Å². The molecule has 0 heteroatoms. The van der Waals surface area contributed by atoms with Gasteiger partial charge < -0.3 is 0 Å². The third-order valence-electron chi connectivity index (χ3n) is 4.55. The molecule has 0 heterocycles. The third-order valence-corrected chi connectivity index (χ3v) is 4.55. The van der Waals surface area contributed by atoms with E-state index in [0.29, 0.717) is 5.41 Å². The lowest BCUT2D eigenvalue weighted by atomic mass is 9.51. The van der Waals surface area contributed by atoms with Crippen LogP contribution in [-0.4, -0.2) is 0 Å². The summed E-state index contributed by atoms with van der Waals surface area (Å²) in [6, 6.07) is 0. The van der Waals surface area contributed by atoms with Crippen LogP contribution in [0.15, 0.2) is 11.6 Å². The van der Waals surface area contributed by atoms with Gasteiger partial charge in [-0.05, 0) is 49.4 Å². The molecule has 1 fully saturated rings. The number of hydrogen-bond donors (Lipinski definition) is 0. The molecule has 0 nitrogen and oxygen atoms in total. The minimum atomic E-state index is 0.642.